The zero-order valence-corrected chi connectivity index (χ0v) is 14.8. The molecule has 1 aromatic heterocycles. The highest BCUT2D eigenvalue weighted by Gasteiger charge is 2.14. The van der Waals surface area contributed by atoms with Gasteiger partial charge in [-0.25, -0.2) is 9.97 Å². The molecule has 0 amide bonds. The van der Waals surface area contributed by atoms with Gasteiger partial charge < -0.3 is 0 Å². The molecule has 0 spiro atoms. The molecule has 21 heavy (non-hydrogen) atoms. The van der Waals surface area contributed by atoms with Gasteiger partial charge in [0.25, 0.3) is 0 Å². The van der Waals surface area contributed by atoms with Crippen LogP contribution in [-0.2, 0) is 5.75 Å². The van der Waals surface area contributed by atoms with E-state index >= 15 is 0 Å². The summed E-state index contributed by atoms with van der Waals surface area (Å²) in [5.41, 5.74) is 1.44. The Morgan fingerprint density at radius 1 is 1.14 bits per heavy atom. The number of aromatic nitrogens is 2. The minimum absolute atomic E-state index is 0.358. The highest BCUT2D eigenvalue weighted by molar-refractivity contribution is 7.99. The molecule has 0 N–H and O–H groups in total. The molecule has 2 aromatic rings. The van der Waals surface area contributed by atoms with Crippen LogP contribution in [0.25, 0.3) is 11.1 Å². The summed E-state index contributed by atoms with van der Waals surface area (Å²) in [6, 6.07) is 7.32. The first-order valence-corrected chi connectivity index (χ1v) is 8.79. The van der Waals surface area contributed by atoms with Gasteiger partial charge in [0.15, 0.2) is 0 Å². The van der Waals surface area contributed by atoms with E-state index in [1.807, 2.05) is 12.1 Å². The van der Waals surface area contributed by atoms with E-state index in [1.165, 1.54) is 0 Å². The lowest BCUT2D eigenvalue weighted by atomic mass is 10.1. The van der Waals surface area contributed by atoms with Crippen LogP contribution in [-0.4, -0.2) is 15.2 Å². The Kier molecular flexibility index (Phi) is 6.18. The number of rotatable bonds is 5. The Bertz CT molecular complexity index is 611. The van der Waals surface area contributed by atoms with Crippen LogP contribution in [0.1, 0.15) is 26.1 Å². The molecule has 0 aliphatic heterocycles. The molecule has 1 atom stereocenters. The summed E-state index contributed by atoms with van der Waals surface area (Å²) in [5, 5.41) is 1.89. The van der Waals surface area contributed by atoms with E-state index in [0.29, 0.717) is 37.7 Å². The van der Waals surface area contributed by atoms with Crippen molar-refractivity contribution >= 4 is 46.6 Å². The zero-order chi connectivity index (χ0) is 15.4. The number of hydrogen-bond acceptors (Lipinski definition) is 3. The molecular formula is C15H15Cl3N2S. The second-order valence-electron chi connectivity index (χ2n) is 4.64. The third-order valence-corrected chi connectivity index (χ3v) is 5.16. The first kappa shape index (κ1) is 16.9. The SMILES string of the molecule is CCC(C)SCc1nc(Cl)c(-c2cccc(Cl)c2)c(Cl)n1. The fraction of sp³-hybridized carbons (Fsp3) is 0.333. The zero-order valence-electron chi connectivity index (χ0n) is 11.7. The van der Waals surface area contributed by atoms with Gasteiger partial charge in [0.1, 0.15) is 16.1 Å². The van der Waals surface area contributed by atoms with Gasteiger partial charge in [0.2, 0.25) is 0 Å². The summed E-state index contributed by atoms with van der Waals surface area (Å²) < 4.78 is 0. The predicted octanol–water partition coefficient (Wildman–Crippen LogP) is 6.14. The summed E-state index contributed by atoms with van der Waals surface area (Å²) in [4.78, 5) is 8.70. The molecule has 0 aliphatic rings. The van der Waals surface area contributed by atoms with Crippen molar-refractivity contribution in [2.75, 3.05) is 0 Å². The van der Waals surface area contributed by atoms with Crippen LogP contribution in [0, 0.1) is 0 Å². The molecule has 0 saturated carbocycles. The maximum absolute atomic E-state index is 6.28. The van der Waals surface area contributed by atoms with Gasteiger partial charge in [-0.05, 0) is 24.1 Å². The van der Waals surface area contributed by atoms with Crippen molar-refractivity contribution in [3.63, 3.8) is 0 Å². The average Bonchev–Trinajstić information content (AvgIpc) is 2.44. The number of benzene rings is 1. The fourth-order valence-corrected chi connectivity index (χ4v) is 3.36. The first-order valence-electron chi connectivity index (χ1n) is 6.60. The van der Waals surface area contributed by atoms with Gasteiger partial charge in [0, 0.05) is 10.3 Å². The van der Waals surface area contributed by atoms with Gasteiger partial charge in [-0.3, -0.25) is 0 Å². The highest BCUT2D eigenvalue weighted by Crippen LogP contribution is 2.34. The van der Waals surface area contributed by atoms with Crippen molar-refractivity contribution in [3.8, 4) is 11.1 Å². The Balaban J connectivity index is 2.29. The van der Waals surface area contributed by atoms with E-state index in [4.69, 9.17) is 34.8 Å². The summed E-state index contributed by atoms with van der Waals surface area (Å²) in [6.07, 6.45) is 1.10. The Hall–Kier alpha value is -0.480. The molecule has 2 rings (SSSR count). The standard InChI is InChI=1S/C15H15Cl3N2S/c1-3-9(2)21-8-12-19-14(17)13(15(18)20-12)10-5-4-6-11(16)7-10/h4-7,9H,3,8H2,1-2H3. The molecule has 0 radical (unpaired) electrons. The van der Waals surface area contributed by atoms with E-state index in [1.54, 1.807) is 23.9 Å². The van der Waals surface area contributed by atoms with Crippen LogP contribution in [0.15, 0.2) is 24.3 Å². The van der Waals surface area contributed by atoms with Crippen molar-refractivity contribution in [2.45, 2.75) is 31.3 Å². The predicted molar refractivity (Wildman–Crippen MR) is 93.5 cm³/mol. The Morgan fingerprint density at radius 3 is 2.38 bits per heavy atom. The molecule has 0 fully saturated rings. The van der Waals surface area contributed by atoms with Crippen LogP contribution in [0.2, 0.25) is 15.3 Å². The summed E-state index contributed by atoms with van der Waals surface area (Å²) in [7, 11) is 0. The summed E-state index contributed by atoms with van der Waals surface area (Å²) in [5.74, 6) is 1.35. The summed E-state index contributed by atoms with van der Waals surface area (Å²) >= 11 is 20.4. The van der Waals surface area contributed by atoms with Crippen LogP contribution in [0.4, 0.5) is 0 Å². The first-order chi connectivity index (χ1) is 10.0. The molecule has 1 aromatic carbocycles. The molecule has 112 valence electrons. The number of hydrogen-bond donors (Lipinski definition) is 0. The Morgan fingerprint density at radius 2 is 1.81 bits per heavy atom. The van der Waals surface area contributed by atoms with Crippen molar-refractivity contribution in [3.05, 3.63) is 45.4 Å². The smallest absolute Gasteiger partial charge is 0.142 e. The van der Waals surface area contributed by atoms with E-state index in [0.717, 1.165) is 12.0 Å². The van der Waals surface area contributed by atoms with Crippen molar-refractivity contribution < 1.29 is 0 Å². The minimum Gasteiger partial charge on any atom is -0.220 e. The van der Waals surface area contributed by atoms with Gasteiger partial charge in [-0.2, -0.15) is 11.8 Å². The number of halogens is 3. The molecule has 0 saturated heterocycles. The lowest BCUT2D eigenvalue weighted by Gasteiger charge is -2.10. The third-order valence-electron chi connectivity index (χ3n) is 3.05. The lowest BCUT2D eigenvalue weighted by molar-refractivity contribution is 0.901. The molecule has 0 bridgehead atoms. The average molecular weight is 362 g/mol. The van der Waals surface area contributed by atoms with Crippen LogP contribution in [0.3, 0.4) is 0 Å². The van der Waals surface area contributed by atoms with E-state index in [9.17, 15) is 0 Å². The molecular weight excluding hydrogens is 347 g/mol. The number of nitrogens with zero attached hydrogens (tertiary/aromatic N) is 2. The van der Waals surface area contributed by atoms with Gasteiger partial charge in [-0.1, -0.05) is 60.8 Å². The molecule has 1 unspecified atom stereocenters. The largest absolute Gasteiger partial charge is 0.220 e. The molecule has 0 aliphatic carbocycles. The second-order valence-corrected chi connectivity index (χ2v) is 7.22. The van der Waals surface area contributed by atoms with Gasteiger partial charge in [-0.15, -0.1) is 0 Å². The van der Waals surface area contributed by atoms with Crippen LogP contribution in [0.5, 0.6) is 0 Å². The molecule has 2 nitrogen and oxygen atoms in total. The maximum Gasteiger partial charge on any atom is 0.142 e. The highest BCUT2D eigenvalue weighted by atomic mass is 35.5. The lowest BCUT2D eigenvalue weighted by Crippen LogP contribution is -2.00. The Labute approximate surface area is 144 Å². The van der Waals surface area contributed by atoms with E-state index < -0.39 is 0 Å². The number of thioether (sulfide) groups is 1. The minimum atomic E-state index is 0.358. The second kappa shape index (κ2) is 7.68. The normalized spacial score (nSPS) is 12.4. The van der Waals surface area contributed by atoms with Crippen molar-refractivity contribution in [1.82, 2.24) is 9.97 Å². The topological polar surface area (TPSA) is 25.8 Å². The quantitative estimate of drug-likeness (QED) is 0.598. The van der Waals surface area contributed by atoms with Gasteiger partial charge >= 0.3 is 0 Å². The van der Waals surface area contributed by atoms with E-state index in [2.05, 4.69) is 23.8 Å². The maximum atomic E-state index is 6.28. The molecule has 1 heterocycles. The van der Waals surface area contributed by atoms with Crippen molar-refractivity contribution in [1.29, 1.82) is 0 Å². The summed E-state index contributed by atoms with van der Waals surface area (Å²) in [6.45, 7) is 4.33. The van der Waals surface area contributed by atoms with Crippen molar-refractivity contribution in [2.24, 2.45) is 0 Å². The molecule has 6 heteroatoms. The third kappa shape index (κ3) is 4.49. The van der Waals surface area contributed by atoms with Crippen LogP contribution >= 0.6 is 46.6 Å². The van der Waals surface area contributed by atoms with Gasteiger partial charge in [0.05, 0.1) is 11.3 Å². The fourth-order valence-electron chi connectivity index (χ4n) is 1.73. The van der Waals surface area contributed by atoms with E-state index in [-0.39, 0.29) is 0 Å². The monoisotopic (exact) mass is 360 g/mol. The van der Waals surface area contributed by atoms with Crippen LogP contribution < -0.4 is 0 Å².